The molecule has 0 aliphatic heterocycles. The summed E-state index contributed by atoms with van der Waals surface area (Å²) in [4.78, 5) is 36.2. The van der Waals surface area contributed by atoms with Crippen molar-refractivity contribution in [3.63, 3.8) is 0 Å². The smallest absolute Gasteiger partial charge is 0.258 e. The molecule has 0 aliphatic rings. The Morgan fingerprint density at radius 1 is 1.06 bits per heavy atom. The maximum Gasteiger partial charge on any atom is 0.258 e. The van der Waals surface area contributed by atoms with Crippen molar-refractivity contribution in [2.75, 3.05) is 11.9 Å². The topological polar surface area (TPSA) is 97.6 Å². The highest BCUT2D eigenvalue weighted by molar-refractivity contribution is 5.99. The van der Waals surface area contributed by atoms with Crippen molar-refractivity contribution in [3.8, 4) is 5.75 Å². The predicted molar refractivity (Wildman–Crippen MR) is 118 cm³/mol. The zero-order chi connectivity index (χ0) is 22.4. The van der Waals surface area contributed by atoms with Gasteiger partial charge in [-0.3, -0.25) is 14.4 Å². The van der Waals surface area contributed by atoms with E-state index in [1.54, 1.807) is 18.2 Å². The minimum Gasteiger partial charge on any atom is -0.483 e. The molecule has 31 heavy (non-hydrogen) atoms. The van der Waals surface area contributed by atoms with Gasteiger partial charge in [0, 0.05) is 17.5 Å². The van der Waals surface area contributed by atoms with Crippen molar-refractivity contribution in [1.29, 1.82) is 0 Å². The van der Waals surface area contributed by atoms with Gasteiger partial charge in [-0.15, -0.1) is 0 Å². The van der Waals surface area contributed by atoms with E-state index in [0.29, 0.717) is 23.4 Å². The number of rotatable bonds is 9. The van der Waals surface area contributed by atoms with E-state index in [2.05, 4.69) is 10.6 Å². The number of hydrogen-bond acceptors (Lipinski definition) is 5. The van der Waals surface area contributed by atoms with Crippen LogP contribution in [0, 0.1) is 0 Å². The Morgan fingerprint density at radius 3 is 2.55 bits per heavy atom. The van der Waals surface area contributed by atoms with Gasteiger partial charge in [-0.25, -0.2) is 0 Å². The van der Waals surface area contributed by atoms with Crippen LogP contribution in [-0.4, -0.2) is 24.2 Å². The zero-order valence-corrected chi connectivity index (χ0v) is 17.9. The summed E-state index contributed by atoms with van der Waals surface area (Å²) in [5.41, 5.74) is 1.57. The lowest BCUT2D eigenvalue weighted by atomic mass is 10.1. The van der Waals surface area contributed by atoms with Gasteiger partial charge >= 0.3 is 0 Å². The molecule has 7 nitrogen and oxygen atoms in total. The highest BCUT2D eigenvalue weighted by Crippen LogP contribution is 2.25. The summed E-state index contributed by atoms with van der Waals surface area (Å²) in [6.45, 7) is 4.89. The minimum absolute atomic E-state index is 0.121. The number of fused-ring (bicyclic) bond motifs is 1. The van der Waals surface area contributed by atoms with Crippen molar-refractivity contribution >= 4 is 34.3 Å². The van der Waals surface area contributed by atoms with E-state index in [9.17, 15) is 14.4 Å². The number of nitrogens with one attached hydrogen (secondary N) is 2. The molecule has 7 heteroatoms. The number of amides is 2. The second kappa shape index (κ2) is 9.93. The first-order chi connectivity index (χ1) is 14.9. The molecule has 3 aromatic rings. The number of Topliss-reactive ketones (excluding diaryl/α,β-unsaturated/α-hetero) is 1. The fourth-order valence-electron chi connectivity index (χ4n) is 3.17. The Morgan fingerprint density at radius 2 is 1.84 bits per heavy atom. The van der Waals surface area contributed by atoms with E-state index in [0.717, 1.165) is 17.4 Å². The van der Waals surface area contributed by atoms with Gasteiger partial charge in [-0.2, -0.15) is 0 Å². The average Bonchev–Trinajstić information content (AvgIpc) is 3.17. The molecular weight excluding hydrogens is 396 g/mol. The normalized spacial score (nSPS) is 11.7. The Bertz CT molecular complexity index is 1070. The molecule has 1 unspecified atom stereocenters. The SMILES string of the molecule is CCCC(=O)Nc1ccc(OCC(=O)NC(C)c2cc3ccccc3o2)c(C(C)=O)c1. The molecule has 1 heterocycles. The van der Waals surface area contributed by atoms with Crippen LogP contribution in [0.2, 0.25) is 0 Å². The summed E-state index contributed by atoms with van der Waals surface area (Å²) in [5, 5.41) is 6.54. The molecule has 0 aliphatic carbocycles. The number of ketones is 1. The molecule has 3 rings (SSSR count). The van der Waals surface area contributed by atoms with E-state index >= 15 is 0 Å². The second-order valence-electron chi connectivity index (χ2n) is 7.33. The van der Waals surface area contributed by atoms with Gasteiger partial charge in [-0.1, -0.05) is 25.1 Å². The standard InChI is InChI=1S/C24H26N2O5/c1-4-7-23(28)26-18-10-11-21(19(13-18)16(3)27)30-14-24(29)25-15(2)22-12-17-8-5-6-9-20(17)31-22/h5-6,8-13,15H,4,7,14H2,1-3H3,(H,25,29)(H,26,28). The van der Waals surface area contributed by atoms with Crippen LogP contribution < -0.4 is 15.4 Å². The van der Waals surface area contributed by atoms with Gasteiger partial charge in [0.1, 0.15) is 17.1 Å². The number of benzene rings is 2. The van der Waals surface area contributed by atoms with Crippen molar-refractivity contribution in [2.45, 2.75) is 39.7 Å². The Kier molecular flexibility index (Phi) is 7.07. The third-order valence-corrected chi connectivity index (χ3v) is 4.73. The third kappa shape index (κ3) is 5.72. The first-order valence-electron chi connectivity index (χ1n) is 10.2. The molecule has 0 spiro atoms. The molecule has 1 atom stereocenters. The summed E-state index contributed by atoms with van der Waals surface area (Å²) < 4.78 is 11.4. The van der Waals surface area contributed by atoms with Gasteiger partial charge in [-0.05, 0) is 50.6 Å². The predicted octanol–water partition coefficient (Wildman–Crippen LogP) is 4.63. The lowest BCUT2D eigenvalue weighted by Gasteiger charge is -2.14. The fourth-order valence-corrected chi connectivity index (χ4v) is 3.17. The van der Waals surface area contributed by atoms with Crippen LogP contribution in [0.15, 0.2) is 52.9 Å². The van der Waals surface area contributed by atoms with E-state index < -0.39 is 0 Å². The van der Waals surface area contributed by atoms with E-state index in [1.165, 1.54) is 6.92 Å². The van der Waals surface area contributed by atoms with Crippen molar-refractivity contribution < 1.29 is 23.5 Å². The molecule has 2 N–H and O–H groups in total. The molecule has 162 valence electrons. The van der Waals surface area contributed by atoms with Gasteiger partial charge < -0.3 is 19.8 Å². The summed E-state index contributed by atoms with van der Waals surface area (Å²) >= 11 is 0. The summed E-state index contributed by atoms with van der Waals surface area (Å²) in [7, 11) is 0. The number of carbonyl (C=O) groups is 3. The number of anilines is 1. The number of para-hydroxylation sites is 1. The van der Waals surface area contributed by atoms with Crippen LogP contribution in [0.1, 0.15) is 55.8 Å². The van der Waals surface area contributed by atoms with Crippen LogP contribution in [-0.2, 0) is 9.59 Å². The molecule has 0 saturated heterocycles. The lowest BCUT2D eigenvalue weighted by molar-refractivity contribution is -0.123. The highest BCUT2D eigenvalue weighted by Gasteiger charge is 2.16. The molecule has 0 radical (unpaired) electrons. The van der Waals surface area contributed by atoms with Gasteiger partial charge in [0.25, 0.3) is 5.91 Å². The second-order valence-corrected chi connectivity index (χ2v) is 7.33. The van der Waals surface area contributed by atoms with Gasteiger partial charge in [0.2, 0.25) is 5.91 Å². The van der Waals surface area contributed by atoms with Crippen molar-refractivity contribution in [1.82, 2.24) is 5.32 Å². The first-order valence-corrected chi connectivity index (χ1v) is 10.2. The summed E-state index contributed by atoms with van der Waals surface area (Å²) in [6, 6.07) is 13.9. The van der Waals surface area contributed by atoms with E-state index in [-0.39, 0.29) is 36.0 Å². The maximum absolute atomic E-state index is 12.4. The average molecular weight is 422 g/mol. The third-order valence-electron chi connectivity index (χ3n) is 4.73. The number of hydrogen-bond donors (Lipinski definition) is 2. The van der Waals surface area contributed by atoms with Crippen molar-refractivity contribution in [2.24, 2.45) is 0 Å². The fraction of sp³-hybridized carbons (Fsp3) is 0.292. The van der Waals surface area contributed by atoms with Crippen LogP contribution in [0.5, 0.6) is 5.75 Å². The Hall–Kier alpha value is -3.61. The van der Waals surface area contributed by atoms with E-state index in [4.69, 9.17) is 9.15 Å². The monoisotopic (exact) mass is 422 g/mol. The largest absolute Gasteiger partial charge is 0.483 e. The zero-order valence-electron chi connectivity index (χ0n) is 17.9. The van der Waals surface area contributed by atoms with Crippen LogP contribution in [0.3, 0.4) is 0 Å². The molecule has 1 aromatic heterocycles. The van der Waals surface area contributed by atoms with Gasteiger partial charge in [0.05, 0.1) is 11.6 Å². The quantitative estimate of drug-likeness (QED) is 0.490. The maximum atomic E-state index is 12.4. The molecule has 0 bridgehead atoms. The molecule has 0 saturated carbocycles. The number of carbonyl (C=O) groups excluding carboxylic acids is 3. The molecule has 2 amide bonds. The van der Waals surface area contributed by atoms with Gasteiger partial charge in [0.15, 0.2) is 12.4 Å². The summed E-state index contributed by atoms with van der Waals surface area (Å²) in [5.74, 6) is 0.240. The highest BCUT2D eigenvalue weighted by atomic mass is 16.5. The first kappa shape index (κ1) is 22.1. The van der Waals surface area contributed by atoms with Crippen LogP contribution in [0.4, 0.5) is 5.69 Å². The molecule has 2 aromatic carbocycles. The van der Waals surface area contributed by atoms with Crippen LogP contribution >= 0.6 is 0 Å². The Labute approximate surface area is 180 Å². The van der Waals surface area contributed by atoms with Crippen LogP contribution in [0.25, 0.3) is 11.0 Å². The lowest BCUT2D eigenvalue weighted by Crippen LogP contribution is -2.31. The minimum atomic E-state index is -0.345. The number of furan rings is 1. The molecule has 0 fully saturated rings. The number of ether oxygens (including phenoxy) is 1. The van der Waals surface area contributed by atoms with E-state index in [1.807, 2.05) is 44.2 Å². The Balaban J connectivity index is 1.62. The van der Waals surface area contributed by atoms with Crippen molar-refractivity contribution in [3.05, 3.63) is 59.9 Å². The molecular formula is C24H26N2O5. The summed E-state index contributed by atoms with van der Waals surface area (Å²) in [6.07, 6.45) is 1.13.